The lowest BCUT2D eigenvalue weighted by molar-refractivity contribution is -0.143. The topological polar surface area (TPSA) is 43.8 Å². The zero-order chi connectivity index (χ0) is 22.7. The van der Waals surface area contributed by atoms with Gasteiger partial charge in [-0.05, 0) is 73.5 Å². The van der Waals surface area contributed by atoms with Crippen LogP contribution in [0.4, 0.5) is 5.69 Å². The van der Waals surface area contributed by atoms with E-state index >= 15 is 0 Å². The Bertz CT molecular complexity index is 912. The molecule has 4 nitrogen and oxygen atoms in total. The summed E-state index contributed by atoms with van der Waals surface area (Å²) in [4.78, 5) is 15.9. The molecule has 1 saturated carbocycles. The molecule has 0 atom stereocenters. The van der Waals surface area contributed by atoms with Gasteiger partial charge in [0.1, 0.15) is 0 Å². The molecule has 3 aliphatic rings. The quantitative estimate of drug-likeness (QED) is 0.569. The zero-order valence-electron chi connectivity index (χ0n) is 19.3. The average molecular weight is 455 g/mol. The number of anilines is 1. The van der Waals surface area contributed by atoms with Gasteiger partial charge < -0.3 is 10.0 Å². The highest BCUT2D eigenvalue weighted by atomic mass is 35.5. The maximum atomic E-state index is 11.1. The highest BCUT2D eigenvalue weighted by Crippen LogP contribution is 2.44. The molecule has 0 amide bonds. The Hall–Kier alpha value is -2.04. The van der Waals surface area contributed by atoms with Gasteiger partial charge in [-0.1, -0.05) is 55.8 Å². The lowest BCUT2D eigenvalue weighted by atomic mass is 9.90. The predicted octanol–water partition coefficient (Wildman–Crippen LogP) is 6.14. The first-order valence-electron chi connectivity index (χ1n) is 12.1. The molecule has 5 heteroatoms. The van der Waals surface area contributed by atoms with E-state index in [9.17, 15) is 4.79 Å². The normalized spacial score (nSPS) is 19.8. The Morgan fingerprint density at radius 3 is 2.19 bits per heavy atom. The highest BCUT2D eigenvalue weighted by Gasteiger charge is 2.30. The number of likely N-dealkylation sites (tertiary alicyclic amines) is 1. The van der Waals surface area contributed by atoms with Gasteiger partial charge in [-0.15, -0.1) is 0 Å². The molecule has 0 unspecified atom stereocenters. The van der Waals surface area contributed by atoms with Gasteiger partial charge in [-0.25, -0.2) is 0 Å². The molecule has 0 radical (unpaired) electrons. The molecule has 1 aliphatic carbocycles. The molecule has 32 heavy (non-hydrogen) atoms. The molecule has 0 bridgehead atoms. The summed E-state index contributed by atoms with van der Waals surface area (Å²) in [6.45, 7) is 8.74. The SMILES string of the molecule is CC.O=C(O)C1CCN(Cc2ccc(C3CN(c4ccc(C5CC5)c(Cl)c4)C3)cc2)CC1. The van der Waals surface area contributed by atoms with Gasteiger partial charge in [0.2, 0.25) is 0 Å². The summed E-state index contributed by atoms with van der Waals surface area (Å²) in [5, 5.41) is 10.1. The summed E-state index contributed by atoms with van der Waals surface area (Å²) in [5.41, 5.74) is 5.27. The van der Waals surface area contributed by atoms with E-state index in [2.05, 4.69) is 52.3 Å². The van der Waals surface area contributed by atoms with E-state index in [1.54, 1.807) is 0 Å². The van der Waals surface area contributed by atoms with E-state index in [1.807, 2.05) is 13.8 Å². The number of rotatable bonds is 6. The standard InChI is InChI=1S/C25H29ClN2O2.C2H6/c26-24-13-22(7-8-23(24)19-5-6-19)28-15-21(16-28)18-3-1-17(2-4-18)14-27-11-9-20(10-12-27)25(29)30;1-2/h1-4,7-8,13,19-21H,5-6,9-12,14-16H2,(H,29,30);1-2H3. The number of halogens is 1. The van der Waals surface area contributed by atoms with E-state index in [1.165, 1.54) is 35.2 Å². The lowest BCUT2D eigenvalue weighted by Gasteiger charge is -2.41. The Morgan fingerprint density at radius 1 is 0.969 bits per heavy atom. The van der Waals surface area contributed by atoms with Crippen LogP contribution in [0.3, 0.4) is 0 Å². The number of nitrogens with zero attached hydrogens (tertiary/aromatic N) is 2. The van der Waals surface area contributed by atoms with Crippen LogP contribution in [0.1, 0.15) is 68.1 Å². The maximum absolute atomic E-state index is 11.1. The largest absolute Gasteiger partial charge is 0.481 e. The molecule has 3 fully saturated rings. The van der Waals surface area contributed by atoms with Crippen molar-refractivity contribution in [1.82, 2.24) is 4.90 Å². The van der Waals surface area contributed by atoms with Crippen LogP contribution in [-0.2, 0) is 11.3 Å². The van der Waals surface area contributed by atoms with Crippen molar-refractivity contribution >= 4 is 23.3 Å². The van der Waals surface area contributed by atoms with Crippen molar-refractivity contribution in [1.29, 1.82) is 0 Å². The fourth-order valence-corrected chi connectivity index (χ4v) is 5.16. The molecule has 2 aromatic carbocycles. The smallest absolute Gasteiger partial charge is 0.306 e. The van der Waals surface area contributed by atoms with Crippen molar-refractivity contribution in [3.8, 4) is 0 Å². The van der Waals surface area contributed by atoms with E-state index < -0.39 is 5.97 Å². The Labute approximate surface area is 197 Å². The van der Waals surface area contributed by atoms with Gasteiger partial charge in [0, 0.05) is 36.3 Å². The molecule has 2 heterocycles. The summed E-state index contributed by atoms with van der Waals surface area (Å²) in [7, 11) is 0. The van der Waals surface area contributed by atoms with Gasteiger partial charge in [-0.3, -0.25) is 9.69 Å². The number of aliphatic carboxylic acids is 1. The van der Waals surface area contributed by atoms with Crippen molar-refractivity contribution in [2.45, 2.75) is 57.9 Å². The van der Waals surface area contributed by atoms with Crippen LogP contribution in [0.25, 0.3) is 0 Å². The molecule has 2 aliphatic heterocycles. The van der Waals surface area contributed by atoms with Crippen molar-refractivity contribution in [3.63, 3.8) is 0 Å². The molecule has 1 N–H and O–H groups in total. The van der Waals surface area contributed by atoms with Crippen molar-refractivity contribution in [2.75, 3.05) is 31.1 Å². The molecule has 0 aromatic heterocycles. The molecule has 5 rings (SSSR count). The van der Waals surface area contributed by atoms with Gasteiger partial charge in [0.15, 0.2) is 0 Å². The first-order valence-corrected chi connectivity index (χ1v) is 12.5. The number of carbonyl (C=O) groups is 1. The van der Waals surface area contributed by atoms with Gasteiger partial charge in [0.05, 0.1) is 5.92 Å². The number of hydrogen-bond donors (Lipinski definition) is 1. The molecule has 2 saturated heterocycles. The summed E-state index contributed by atoms with van der Waals surface area (Å²) in [6.07, 6.45) is 4.08. The van der Waals surface area contributed by atoms with Crippen LogP contribution in [0.2, 0.25) is 5.02 Å². The van der Waals surface area contributed by atoms with Crippen molar-refractivity contribution in [3.05, 3.63) is 64.2 Å². The van der Waals surface area contributed by atoms with Crippen molar-refractivity contribution in [2.24, 2.45) is 5.92 Å². The minimum atomic E-state index is -0.644. The second-order valence-corrected chi connectivity index (χ2v) is 9.62. The predicted molar refractivity (Wildman–Crippen MR) is 132 cm³/mol. The fraction of sp³-hybridized carbons (Fsp3) is 0.519. The molecule has 0 spiro atoms. The molecule has 172 valence electrons. The summed E-state index contributed by atoms with van der Waals surface area (Å²) < 4.78 is 0. The van der Waals surface area contributed by atoms with E-state index in [0.29, 0.717) is 11.8 Å². The molecular weight excluding hydrogens is 420 g/mol. The van der Waals surface area contributed by atoms with Crippen LogP contribution >= 0.6 is 11.6 Å². The van der Waals surface area contributed by atoms with E-state index in [4.69, 9.17) is 16.7 Å². The minimum Gasteiger partial charge on any atom is -0.481 e. The van der Waals surface area contributed by atoms with Gasteiger partial charge in [-0.2, -0.15) is 0 Å². The van der Waals surface area contributed by atoms with E-state index in [-0.39, 0.29) is 5.92 Å². The summed E-state index contributed by atoms with van der Waals surface area (Å²) in [6, 6.07) is 15.6. The number of benzene rings is 2. The zero-order valence-corrected chi connectivity index (χ0v) is 20.0. The summed E-state index contributed by atoms with van der Waals surface area (Å²) in [5.74, 6) is 0.463. The number of carboxylic acid groups (broad SMARTS) is 1. The van der Waals surface area contributed by atoms with Crippen LogP contribution in [0.15, 0.2) is 42.5 Å². The van der Waals surface area contributed by atoms with Crippen molar-refractivity contribution < 1.29 is 9.90 Å². The summed E-state index contributed by atoms with van der Waals surface area (Å²) >= 11 is 6.50. The fourth-order valence-electron chi connectivity index (χ4n) is 4.83. The van der Waals surface area contributed by atoms with Gasteiger partial charge in [0.25, 0.3) is 0 Å². The second-order valence-electron chi connectivity index (χ2n) is 9.21. The van der Waals surface area contributed by atoms with Crippen LogP contribution in [0, 0.1) is 5.92 Å². The Kier molecular flexibility index (Phi) is 7.42. The lowest BCUT2D eigenvalue weighted by Crippen LogP contribution is -2.45. The molecular formula is C27H35ClN2O2. The number of piperidine rings is 1. The Morgan fingerprint density at radius 2 is 1.62 bits per heavy atom. The van der Waals surface area contributed by atoms with E-state index in [0.717, 1.165) is 50.6 Å². The third kappa shape index (κ3) is 5.29. The van der Waals surface area contributed by atoms with Gasteiger partial charge >= 0.3 is 5.97 Å². The monoisotopic (exact) mass is 454 g/mol. The first-order chi connectivity index (χ1) is 15.6. The number of hydrogen-bond acceptors (Lipinski definition) is 3. The first kappa shape index (κ1) is 23.1. The third-order valence-electron chi connectivity index (χ3n) is 7.04. The average Bonchev–Trinajstić information content (AvgIpc) is 3.61. The van der Waals surface area contributed by atoms with Crippen LogP contribution in [-0.4, -0.2) is 42.2 Å². The minimum absolute atomic E-state index is 0.162. The third-order valence-corrected chi connectivity index (χ3v) is 7.37. The van der Waals surface area contributed by atoms with Crippen LogP contribution in [0.5, 0.6) is 0 Å². The maximum Gasteiger partial charge on any atom is 0.306 e. The van der Waals surface area contributed by atoms with Crippen LogP contribution < -0.4 is 4.90 Å². The number of carboxylic acids is 1. The second kappa shape index (κ2) is 10.3. The Balaban J connectivity index is 0.00000119. The molecule has 2 aromatic rings. The highest BCUT2D eigenvalue weighted by molar-refractivity contribution is 6.31.